The number of nitrogens with one attached hydrogen (secondary N) is 2. The Bertz CT molecular complexity index is 829. The summed E-state index contributed by atoms with van der Waals surface area (Å²) in [6, 6.07) is 14.1. The highest BCUT2D eigenvalue weighted by atomic mass is 35.5. The molecule has 0 aliphatic carbocycles. The quantitative estimate of drug-likeness (QED) is 0.531. The van der Waals surface area contributed by atoms with Gasteiger partial charge in [0.2, 0.25) is 11.8 Å². The molecular weight excluding hydrogens is 404 g/mol. The number of halogens is 1. The monoisotopic (exact) mass is 432 g/mol. The van der Waals surface area contributed by atoms with Crippen molar-refractivity contribution in [3.8, 4) is 11.5 Å². The van der Waals surface area contributed by atoms with E-state index in [-0.39, 0.29) is 11.8 Å². The van der Waals surface area contributed by atoms with Crippen LogP contribution in [-0.4, -0.2) is 38.6 Å². The molecule has 2 aromatic carbocycles. The lowest BCUT2D eigenvalue weighted by molar-refractivity contribution is -0.129. The first-order valence-electron chi connectivity index (χ1n) is 9.98. The third kappa shape index (κ3) is 6.66. The minimum Gasteiger partial charge on any atom is -0.493 e. The summed E-state index contributed by atoms with van der Waals surface area (Å²) in [5.74, 6) is 0.704. The molecule has 0 saturated carbocycles. The van der Waals surface area contributed by atoms with E-state index in [1.54, 1.807) is 26.4 Å². The van der Waals surface area contributed by atoms with Crippen molar-refractivity contribution in [2.24, 2.45) is 0 Å². The Balaban J connectivity index is 1.91. The van der Waals surface area contributed by atoms with Gasteiger partial charge < -0.3 is 20.1 Å². The summed E-state index contributed by atoms with van der Waals surface area (Å²) in [6.45, 7) is 2.40. The number of rotatable bonds is 11. The molecule has 0 saturated heterocycles. The van der Waals surface area contributed by atoms with Crippen molar-refractivity contribution < 1.29 is 19.1 Å². The molecule has 2 atom stereocenters. The summed E-state index contributed by atoms with van der Waals surface area (Å²) in [4.78, 5) is 25.1. The number of amides is 2. The van der Waals surface area contributed by atoms with Crippen LogP contribution in [0.4, 0.5) is 0 Å². The zero-order valence-corrected chi connectivity index (χ0v) is 18.4. The Hall–Kier alpha value is -2.73. The van der Waals surface area contributed by atoms with Gasteiger partial charge in [-0.15, -0.1) is 11.6 Å². The number of hydrogen-bond acceptors (Lipinski definition) is 4. The maximum Gasteiger partial charge on any atom is 0.243 e. The number of ether oxygens (including phenoxy) is 2. The van der Waals surface area contributed by atoms with E-state index in [0.29, 0.717) is 36.4 Å². The molecule has 0 bridgehead atoms. The van der Waals surface area contributed by atoms with Gasteiger partial charge in [0.1, 0.15) is 11.4 Å². The highest BCUT2D eigenvalue weighted by Crippen LogP contribution is 2.27. The fourth-order valence-corrected chi connectivity index (χ4v) is 3.27. The van der Waals surface area contributed by atoms with Crippen LogP contribution in [0, 0.1) is 0 Å². The van der Waals surface area contributed by atoms with Crippen LogP contribution in [0.5, 0.6) is 11.5 Å². The van der Waals surface area contributed by atoms with Crippen LogP contribution < -0.4 is 20.1 Å². The number of hydrogen-bond donors (Lipinski definition) is 2. The third-order valence-corrected chi connectivity index (χ3v) is 5.14. The molecule has 0 radical (unpaired) electrons. The number of carbonyl (C=O) groups excluding carboxylic acids is 2. The summed E-state index contributed by atoms with van der Waals surface area (Å²) in [5.41, 5.74) is 1.70. The minimum atomic E-state index is -0.842. The fourth-order valence-electron chi connectivity index (χ4n) is 3.07. The summed E-state index contributed by atoms with van der Waals surface area (Å²) < 4.78 is 10.5. The van der Waals surface area contributed by atoms with Gasteiger partial charge in [-0.05, 0) is 36.1 Å². The molecule has 2 amide bonds. The molecule has 7 heteroatoms. The van der Waals surface area contributed by atoms with Crippen molar-refractivity contribution in [2.45, 2.75) is 37.6 Å². The Morgan fingerprint density at radius 2 is 1.70 bits per heavy atom. The molecule has 0 fully saturated rings. The topological polar surface area (TPSA) is 76.7 Å². The largest absolute Gasteiger partial charge is 0.493 e. The van der Waals surface area contributed by atoms with Crippen LogP contribution in [0.3, 0.4) is 0 Å². The molecule has 30 heavy (non-hydrogen) atoms. The maximum atomic E-state index is 12.6. The molecule has 0 aliphatic heterocycles. The van der Waals surface area contributed by atoms with Crippen molar-refractivity contribution in [2.75, 3.05) is 20.8 Å². The highest BCUT2D eigenvalue weighted by molar-refractivity contribution is 6.30. The van der Waals surface area contributed by atoms with Crippen LogP contribution in [0.2, 0.25) is 0 Å². The van der Waals surface area contributed by atoms with Crippen molar-refractivity contribution in [1.82, 2.24) is 10.6 Å². The van der Waals surface area contributed by atoms with E-state index in [0.717, 1.165) is 12.0 Å². The number of alkyl halides is 1. The normalized spacial score (nSPS) is 12.5. The van der Waals surface area contributed by atoms with E-state index < -0.39 is 11.4 Å². The second-order valence-electron chi connectivity index (χ2n) is 6.85. The SMILES string of the molecule is CCCC(NC(=O)C(Cl)c1ccccc1)C(=O)NCCc1ccc(OC)c(OC)c1. The second-order valence-corrected chi connectivity index (χ2v) is 7.29. The molecule has 0 aliphatic rings. The van der Waals surface area contributed by atoms with Crippen LogP contribution >= 0.6 is 11.6 Å². The van der Waals surface area contributed by atoms with Gasteiger partial charge in [0.05, 0.1) is 14.2 Å². The molecular formula is C23H29ClN2O4. The van der Waals surface area contributed by atoms with Crippen LogP contribution in [0.15, 0.2) is 48.5 Å². The molecule has 2 rings (SSSR count). The molecule has 0 heterocycles. The van der Waals surface area contributed by atoms with E-state index >= 15 is 0 Å². The van der Waals surface area contributed by atoms with Gasteiger partial charge in [0, 0.05) is 6.54 Å². The number of carbonyl (C=O) groups is 2. The van der Waals surface area contributed by atoms with Gasteiger partial charge in [-0.2, -0.15) is 0 Å². The number of methoxy groups -OCH3 is 2. The molecule has 2 aromatic rings. The van der Waals surface area contributed by atoms with Crippen LogP contribution in [-0.2, 0) is 16.0 Å². The van der Waals surface area contributed by atoms with E-state index in [1.165, 1.54) is 0 Å². The van der Waals surface area contributed by atoms with E-state index in [4.69, 9.17) is 21.1 Å². The lowest BCUT2D eigenvalue weighted by Gasteiger charge is -2.20. The van der Waals surface area contributed by atoms with Gasteiger partial charge in [-0.25, -0.2) is 0 Å². The number of benzene rings is 2. The molecule has 2 N–H and O–H groups in total. The molecule has 0 spiro atoms. The maximum absolute atomic E-state index is 12.6. The lowest BCUT2D eigenvalue weighted by Crippen LogP contribution is -2.48. The third-order valence-electron chi connectivity index (χ3n) is 4.69. The Labute approximate surface area is 182 Å². The predicted octanol–water partition coefficient (Wildman–Crippen LogP) is 3.63. The van der Waals surface area contributed by atoms with Gasteiger partial charge in [-0.1, -0.05) is 49.7 Å². The van der Waals surface area contributed by atoms with Crippen molar-refractivity contribution in [3.05, 3.63) is 59.7 Å². The fraction of sp³-hybridized carbons (Fsp3) is 0.391. The lowest BCUT2D eigenvalue weighted by atomic mass is 10.1. The van der Waals surface area contributed by atoms with Gasteiger partial charge in [0.15, 0.2) is 11.5 Å². The molecule has 162 valence electrons. The second kappa shape index (κ2) is 12.1. The zero-order valence-electron chi connectivity index (χ0n) is 17.6. The molecule has 0 aromatic heterocycles. The van der Waals surface area contributed by atoms with Crippen molar-refractivity contribution in [3.63, 3.8) is 0 Å². The van der Waals surface area contributed by atoms with E-state index in [2.05, 4.69) is 10.6 Å². The van der Waals surface area contributed by atoms with Crippen molar-refractivity contribution in [1.29, 1.82) is 0 Å². The Morgan fingerprint density at radius 1 is 1.00 bits per heavy atom. The summed E-state index contributed by atoms with van der Waals surface area (Å²) >= 11 is 6.28. The summed E-state index contributed by atoms with van der Waals surface area (Å²) in [7, 11) is 3.17. The minimum absolute atomic E-state index is 0.220. The molecule has 6 nitrogen and oxygen atoms in total. The van der Waals surface area contributed by atoms with Gasteiger partial charge >= 0.3 is 0 Å². The van der Waals surface area contributed by atoms with E-state index in [1.807, 2.05) is 43.3 Å². The highest BCUT2D eigenvalue weighted by Gasteiger charge is 2.24. The standard InChI is InChI=1S/C23H29ClN2O4/c1-4-8-18(26-23(28)21(24)17-9-6-5-7-10-17)22(27)25-14-13-16-11-12-19(29-2)20(15-16)30-3/h5-7,9-12,15,18,21H,4,8,13-14H2,1-3H3,(H,25,27)(H,26,28). The predicted molar refractivity (Wildman–Crippen MR) is 118 cm³/mol. The van der Waals surface area contributed by atoms with Crippen molar-refractivity contribution >= 4 is 23.4 Å². The average molecular weight is 433 g/mol. The zero-order chi connectivity index (χ0) is 21.9. The van der Waals surface area contributed by atoms with Gasteiger partial charge in [0.25, 0.3) is 0 Å². The first-order chi connectivity index (χ1) is 14.5. The smallest absolute Gasteiger partial charge is 0.243 e. The molecule has 2 unspecified atom stereocenters. The van der Waals surface area contributed by atoms with E-state index in [9.17, 15) is 9.59 Å². The Morgan fingerprint density at radius 3 is 2.33 bits per heavy atom. The summed E-state index contributed by atoms with van der Waals surface area (Å²) in [6.07, 6.45) is 1.92. The van der Waals surface area contributed by atoms with Gasteiger partial charge in [-0.3, -0.25) is 9.59 Å². The Kier molecular flexibility index (Phi) is 9.48. The first kappa shape index (κ1) is 23.5. The van der Waals surface area contributed by atoms with Crippen LogP contribution in [0.25, 0.3) is 0 Å². The summed E-state index contributed by atoms with van der Waals surface area (Å²) in [5, 5.41) is 4.83. The first-order valence-corrected chi connectivity index (χ1v) is 10.4. The van der Waals surface area contributed by atoms with Crippen LogP contribution in [0.1, 0.15) is 36.3 Å². The average Bonchev–Trinajstić information content (AvgIpc) is 2.78.